The van der Waals surface area contributed by atoms with E-state index in [1.807, 2.05) is 30.1 Å². The number of carbonyl (C=O) groups is 1. The molecule has 19 heavy (non-hydrogen) atoms. The van der Waals surface area contributed by atoms with Gasteiger partial charge in [0.05, 0.1) is 0 Å². The van der Waals surface area contributed by atoms with E-state index in [0.29, 0.717) is 12.1 Å². The van der Waals surface area contributed by atoms with Gasteiger partial charge in [-0.3, -0.25) is 4.79 Å². The highest BCUT2D eigenvalue weighted by atomic mass is 32.2. The number of hydrogen-bond acceptors (Lipinski definition) is 3. The molecule has 2 aliphatic rings. The molecule has 5 heteroatoms. The monoisotopic (exact) mass is 279 g/mol. The number of aromatic nitrogens is 1. The molecular formula is C14H21N3OS. The van der Waals surface area contributed by atoms with Gasteiger partial charge in [0.2, 0.25) is 0 Å². The van der Waals surface area contributed by atoms with Crippen LogP contribution in [-0.2, 0) is 0 Å². The number of carbonyl (C=O) groups excluding carboxylic acids is 1. The smallest absolute Gasteiger partial charge is 0.268 e. The zero-order chi connectivity index (χ0) is 13.1. The molecule has 0 spiro atoms. The molecule has 0 radical (unpaired) electrons. The Bertz CT molecular complexity index is 434. The van der Waals surface area contributed by atoms with Crippen LogP contribution in [-0.4, -0.2) is 41.1 Å². The van der Waals surface area contributed by atoms with E-state index in [2.05, 4.69) is 15.2 Å². The third kappa shape index (κ3) is 2.98. The number of piperidine rings is 1. The van der Waals surface area contributed by atoms with E-state index in [-0.39, 0.29) is 5.91 Å². The number of nitrogens with zero attached hydrogens (tertiary/aromatic N) is 1. The lowest BCUT2D eigenvalue weighted by Gasteiger charge is -2.26. The van der Waals surface area contributed by atoms with Crippen molar-refractivity contribution in [1.82, 2.24) is 15.2 Å². The second-order valence-corrected chi connectivity index (χ2v) is 6.47. The Balaban J connectivity index is 1.69. The molecule has 1 aromatic heterocycles. The molecule has 104 valence electrons. The van der Waals surface area contributed by atoms with Crippen molar-refractivity contribution in [2.24, 2.45) is 0 Å². The highest BCUT2D eigenvalue weighted by Gasteiger charge is 2.23. The van der Waals surface area contributed by atoms with Crippen molar-refractivity contribution in [1.29, 1.82) is 0 Å². The molecule has 3 rings (SSSR count). The molecule has 0 aromatic carbocycles. The highest BCUT2D eigenvalue weighted by molar-refractivity contribution is 7.99. The molecule has 2 fully saturated rings. The van der Waals surface area contributed by atoms with Gasteiger partial charge in [0.25, 0.3) is 5.91 Å². The molecule has 2 N–H and O–H groups in total. The third-order valence-corrected chi connectivity index (χ3v) is 5.14. The van der Waals surface area contributed by atoms with Crippen LogP contribution >= 0.6 is 11.8 Å². The van der Waals surface area contributed by atoms with Gasteiger partial charge in [-0.1, -0.05) is 0 Å². The molecule has 2 saturated heterocycles. The summed E-state index contributed by atoms with van der Waals surface area (Å²) in [6, 6.07) is 4.75. The second kappa shape index (κ2) is 6.01. The summed E-state index contributed by atoms with van der Waals surface area (Å²) < 4.78 is 2.16. The van der Waals surface area contributed by atoms with Crippen molar-refractivity contribution in [3.8, 4) is 0 Å². The Morgan fingerprint density at radius 2 is 2.21 bits per heavy atom. The molecule has 4 nitrogen and oxygen atoms in total. The summed E-state index contributed by atoms with van der Waals surface area (Å²) in [6.45, 7) is 2.09. The average molecular weight is 279 g/mol. The minimum absolute atomic E-state index is 0.0935. The number of hydrogen-bond donors (Lipinski definition) is 2. The Morgan fingerprint density at radius 3 is 2.95 bits per heavy atom. The zero-order valence-corrected chi connectivity index (χ0v) is 11.9. The van der Waals surface area contributed by atoms with Crippen molar-refractivity contribution < 1.29 is 4.79 Å². The van der Waals surface area contributed by atoms with Crippen LogP contribution in [0, 0.1) is 0 Å². The first-order chi connectivity index (χ1) is 9.34. The quantitative estimate of drug-likeness (QED) is 0.884. The van der Waals surface area contributed by atoms with Gasteiger partial charge in [0.15, 0.2) is 0 Å². The normalized spacial score (nSPS) is 24.5. The molecule has 2 aliphatic heterocycles. The summed E-state index contributed by atoms with van der Waals surface area (Å²) in [4.78, 5) is 12.4. The number of amides is 1. The molecule has 0 bridgehead atoms. The maximum absolute atomic E-state index is 12.4. The van der Waals surface area contributed by atoms with E-state index >= 15 is 0 Å². The Labute approximate surface area is 118 Å². The Kier molecular flexibility index (Phi) is 4.13. The zero-order valence-electron chi connectivity index (χ0n) is 11.1. The van der Waals surface area contributed by atoms with Crippen LogP contribution < -0.4 is 10.6 Å². The van der Waals surface area contributed by atoms with E-state index in [9.17, 15) is 4.79 Å². The van der Waals surface area contributed by atoms with Gasteiger partial charge in [0, 0.05) is 24.0 Å². The fourth-order valence-corrected chi connectivity index (χ4v) is 4.05. The van der Waals surface area contributed by atoms with Gasteiger partial charge in [0.1, 0.15) is 5.69 Å². The van der Waals surface area contributed by atoms with E-state index in [4.69, 9.17) is 0 Å². The van der Waals surface area contributed by atoms with Crippen molar-refractivity contribution in [3.05, 3.63) is 24.0 Å². The lowest BCUT2D eigenvalue weighted by atomic mass is 10.1. The maximum atomic E-state index is 12.4. The summed E-state index contributed by atoms with van der Waals surface area (Å²) in [5, 5.41) is 6.53. The van der Waals surface area contributed by atoms with E-state index < -0.39 is 0 Å². The van der Waals surface area contributed by atoms with E-state index in [0.717, 1.165) is 43.8 Å². The van der Waals surface area contributed by atoms with E-state index in [1.54, 1.807) is 0 Å². The molecule has 0 aliphatic carbocycles. The maximum Gasteiger partial charge on any atom is 0.268 e. The van der Waals surface area contributed by atoms with Gasteiger partial charge in [-0.15, -0.1) is 0 Å². The summed E-state index contributed by atoms with van der Waals surface area (Å²) >= 11 is 1.92. The standard InChI is InChI=1S/C14H21N3OS/c18-14(16-11-5-9-19-10-11)13-2-1-8-17(13)12-3-6-15-7-4-12/h1-2,8,11-12,15H,3-7,9-10H2,(H,16,18). The lowest BCUT2D eigenvalue weighted by molar-refractivity contribution is 0.0928. The van der Waals surface area contributed by atoms with Gasteiger partial charge >= 0.3 is 0 Å². The van der Waals surface area contributed by atoms with Crippen molar-refractivity contribution >= 4 is 17.7 Å². The lowest BCUT2D eigenvalue weighted by Crippen LogP contribution is -2.37. The highest BCUT2D eigenvalue weighted by Crippen LogP contribution is 2.22. The van der Waals surface area contributed by atoms with Gasteiger partial charge in [-0.25, -0.2) is 0 Å². The first-order valence-electron chi connectivity index (χ1n) is 7.11. The predicted molar refractivity (Wildman–Crippen MR) is 78.8 cm³/mol. The fraction of sp³-hybridized carbons (Fsp3) is 0.643. The first kappa shape index (κ1) is 13.1. The van der Waals surface area contributed by atoms with Crippen LogP contribution in [0.2, 0.25) is 0 Å². The van der Waals surface area contributed by atoms with Crippen molar-refractivity contribution in [3.63, 3.8) is 0 Å². The molecule has 1 aromatic rings. The van der Waals surface area contributed by atoms with E-state index in [1.165, 1.54) is 5.75 Å². The minimum Gasteiger partial charge on any atom is -0.347 e. The minimum atomic E-state index is 0.0935. The SMILES string of the molecule is O=C(NC1CCSC1)c1cccn1C1CCNCC1. The number of thioether (sulfide) groups is 1. The summed E-state index contributed by atoms with van der Waals surface area (Å²) in [6.07, 6.45) is 5.36. The fourth-order valence-electron chi connectivity index (χ4n) is 2.90. The molecule has 1 unspecified atom stereocenters. The predicted octanol–water partition coefficient (Wildman–Crippen LogP) is 1.65. The van der Waals surface area contributed by atoms with Gasteiger partial charge < -0.3 is 15.2 Å². The van der Waals surface area contributed by atoms with Gasteiger partial charge in [-0.05, 0) is 50.2 Å². The average Bonchev–Trinajstić information content (AvgIpc) is 3.10. The van der Waals surface area contributed by atoms with Crippen LogP contribution in [0.15, 0.2) is 18.3 Å². The summed E-state index contributed by atoms with van der Waals surface area (Å²) in [7, 11) is 0. The van der Waals surface area contributed by atoms with Crippen molar-refractivity contribution in [2.45, 2.75) is 31.3 Å². The van der Waals surface area contributed by atoms with Crippen LogP contribution in [0.3, 0.4) is 0 Å². The molecule has 3 heterocycles. The van der Waals surface area contributed by atoms with Crippen LogP contribution in [0.5, 0.6) is 0 Å². The van der Waals surface area contributed by atoms with Crippen LogP contribution in [0.1, 0.15) is 35.8 Å². The molecule has 0 saturated carbocycles. The topological polar surface area (TPSA) is 46.1 Å². The third-order valence-electron chi connectivity index (χ3n) is 3.98. The number of nitrogens with one attached hydrogen (secondary N) is 2. The molecule has 1 atom stereocenters. The second-order valence-electron chi connectivity index (χ2n) is 5.32. The van der Waals surface area contributed by atoms with Crippen LogP contribution in [0.4, 0.5) is 0 Å². The number of rotatable bonds is 3. The van der Waals surface area contributed by atoms with Crippen LogP contribution in [0.25, 0.3) is 0 Å². The largest absolute Gasteiger partial charge is 0.347 e. The Morgan fingerprint density at radius 1 is 1.37 bits per heavy atom. The summed E-state index contributed by atoms with van der Waals surface area (Å²) in [5.41, 5.74) is 0.823. The Hall–Kier alpha value is -0.940. The van der Waals surface area contributed by atoms with Gasteiger partial charge in [-0.2, -0.15) is 11.8 Å². The summed E-state index contributed by atoms with van der Waals surface area (Å²) in [5.74, 6) is 2.32. The van der Waals surface area contributed by atoms with Crippen molar-refractivity contribution in [2.75, 3.05) is 24.6 Å². The molecular weight excluding hydrogens is 258 g/mol. The first-order valence-corrected chi connectivity index (χ1v) is 8.26. The molecule has 1 amide bonds.